The van der Waals surface area contributed by atoms with Gasteiger partial charge in [-0.3, -0.25) is 9.11 Å². The van der Waals surface area contributed by atoms with Crippen LogP contribution in [0.25, 0.3) is 0 Å². The van der Waals surface area contributed by atoms with Gasteiger partial charge in [-0.2, -0.15) is 35.4 Å². The summed E-state index contributed by atoms with van der Waals surface area (Å²) in [6.07, 6.45) is 0. The van der Waals surface area contributed by atoms with Crippen molar-refractivity contribution in [2.24, 2.45) is 0 Å². The molecule has 0 unspecified atom stereocenters. The molecule has 2 N–H and O–H groups in total. The van der Waals surface area contributed by atoms with Crippen molar-refractivity contribution in [3.8, 4) is 0 Å². The molecule has 0 saturated heterocycles. The van der Waals surface area contributed by atoms with Crippen LogP contribution in [0.3, 0.4) is 0 Å². The summed E-state index contributed by atoms with van der Waals surface area (Å²) in [5, 5.41) is 0. The van der Waals surface area contributed by atoms with Gasteiger partial charge in [0.2, 0.25) is 0 Å². The third kappa shape index (κ3) is 33.7. The van der Waals surface area contributed by atoms with Gasteiger partial charge in [0, 0.05) is 0 Å². The number of rotatable bonds is 0. The Balaban J connectivity index is -0.000000136. The molecule has 0 bridgehead atoms. The zero-order chi connectivity index (χ0) is 8.74. The topological polar surface area (TPSA) is 74.6 Å². The van der Waals surface area contributed by atoms with Crippen molar-refractivity contribution in [1.82, 2.24) is 0 Å². The third-order valence-electron chi connectivity index (χ3n) is 0.667. The lowest BCUT2D eigenvalue weighted by molar-refractivity contribution is 0.381. The number of hydrogen-bond donors (Lipinski definition) is 2. The Hall–Kier alpha value is -0.210. The zero-order valence-electron chi connectivity index (χ0n) is 6.58. The van der Waals surface area contributed by atoms with Gasteiger partial charge in [-0.15, -0.1) is 0 Å². The molecule has 0 fully saturated rings. The maximum Gasteiger partial charge on any atom is 0.394 e. The number of benzene rings is 1. The standard InChI is InChI=1S/C6H6.H2O4S.2H2S/c1-2-4-6-5-3-1;1-5(2,3)4;;/h1-6H;(H2,1,2,3,4);2*1H2. The first-order valence-corrected chi connectivity index (χ1v) is 4.10. The summed E-state index contributed by atoms with van der Waals surface area (Å²) < 4.78 is 31.6. The second-order valence-corrected chi connectivity index (χ2v) is 2.50. The minimum atomic E-state index is -4.67. The van der Waals surface area contributed by atoms with E-state index in [2.05, 4.69) is 0 Å². The van der Waals surface area contributed by atoms with Gasteiger partial charge in [-0.25, -0.2) is 0 Å². The van der Waals surface area contributed by atoms with E-state index in [1.165, 1.54) is 0 Å². The van der Waals surface area contributed by atoms with E-state index in [4.69, 9.17) is 17.5 Å². The normalized spacial score (nSPS) is 8.15. The fraction of sp³-hybridized carbons (Fsp3) is 0. The van der Waals surface area contributed by atoms with Crippen molar-refractivity contribution < 1.29 is 17.5 Å². The van der Waals surface area contributed by atoms with Gasteiger partial charge in [-0.1, -0.05) is 36.4 Å². The molecule has 78 valence electrons. The molecule has 1 aromatic rings. The van der Waals surface area contributed by atoms with Gasteiger partial charge in [0.1, 0.15) is 0 Å². The maximum absolute atomic E-state index is 8.74. The van der Waals surface area contributed by atoms with Gasteiger partial charge < -0.3 is 0 Å². The van der Waals surface area contributed by atoms with Gasteiger partial charge in [0.05, 0.1) is 0 Å². The van der Waals surface area contributed by atoms with Gasteiger partial charge in [0.25, 0.3) is 0 Å². The fourth-order valence-corrected chi connectivity index (χ4v) is 0.385. The third-order valence-corrected chi connectivity index (χ3v) is 0.667. The molecule has 7 heteroatoms. The van der Waals surface area contributed by atoms with Crippen molar-refractivity contribution in [3.05, 3.63) is 36.4 Å². The lowest BCUT2D eigenvalue weighted by Gasteiger charge is -1.69. The summed E-state index contributed by atoms with van der Waals surface area (Å²) in [5.74, 6) is 0. The molecule has 4 nitrogen and oxygen atoms in total. The van der Waals surface area contributed by atoms with Crippen molar-refractivity contribution >= 4 is 37.4 Å². The molecular weight excluding hydrogens is 232 g/mol. The molecule has 0 aliphatic heterocycles. The van der Waals surface area contributed by atoms with Crippen molar-refractivity contribution in [3.63, 3.8) is 0 Å². The van der Waals surface area contributed by atoms with E-state index < -0.39 is 10.4 Å². The Morgan fingerprint density at radius 2 is 0.769 bits per heavy atom. The highest BCUT2D eigenvalue weighted by Crippen LogP contribution is 1.79. The summed E-state index contributed by atoms with van der Waals surface area (Å²) in [6, 6.07) is 12.0. The molecule has 0 amide bonds. The van der Waals surface area contributed by atoms with E-state index in [0.717, 1.165) is 0 Å². The first kappa shape index (κ1) is 18.5. The Bertz CT molecular complexity index is 236. The highest BCUT2D eigenvalue weighted by molar-refractivity contribution is 7.79. The van der Waals surface area contributed by atoms with Gasteiger partial charge in [0.15, 0.2) is 0 Å². The molecule has 0 radical (unpaired) electrons. The highest BCUT2D eigenvalue weighted by atomic mass is 32.3. The summed E-state index contributed by atoms with van der Waals surface area (Å²) in [5.41, 5.74) is 0. The van der Waals surface area contributed by atoms with Crippen LogP contribution in [0.1, 0.15) is 0 Å². The smallest absolute Gasteiger partial charge is 0.264 e. The monoisotopic (exact) mass is 244 g/mol. The fourth-order valence-electron chi connectivity index (χ4n) is 0.385. The SMILES string of the molecule is O=S(=O)(O)O.S.S.c1ccccc1. The minimum Gasteiger partial charge on any atom is -0.264 e. The predicted molar refractivity (Wildman–Crippen MR) is 61.4 cm³/mol. The summed E-state index contributed by atoms with van der Waals surface area (Å²) in [6.45, 7) is 0. The van der Waals surface area contributed by atoms with Crippen LogP contribution in [0, 0.1) is 0 Å². The van der Waals surface area contributed by atoms with Crippen molar-refractivity contribution in [2.45, 2.75) is 0 Å². The first-order chi connectivity index (χ1) is 5.00. The Morgan fingerprint density at radius 1 is 0.692 bits per heavy atom. The quantitative estimate of drug-likeness (QED) is 0.674. The average Bonchev–Trinajstić information content (AvgIpc) is 1.88. The van der Waals surface area contributed by atoms with E-state index in [9.17, 15) is 0 Å². The van der Waals surface area contributed by atoms with Gasteiger partial charge in [-0.05, 0) is 0 Å². The van der Waals surface area contributed by atoms with Crippen LogP contribution in [-0.2, 0) is 10.4 Å². The zero-order valence-corrected chi connectivity index (χ0v) is 9.40. The lowest BCUT2D eigenvalue weighted by atomic mass is 10.4. The second kappa shape index (κ2) is 9.87. The molecule has 0 saturated carbocycles. The summed E-state index contributed by atoms with van der Waals surface area (Å²) in [7, 11) is -4.67. The molecule has 0 heterocycles. The molecule has 0 spiro atoms. The van der Waals surface area contributed by atoms with E-state index in [1.807, 2.05) is 36.4 Å². The van der Waals surface area contributed by atoms with E-state index in [1.54, 1.807) is 0 Å². The van der Waals surface area contributed by atoms with Crippen LogP contribution in [0.5, 0.6) is 0 Å². The Kier molecular flexibility index (Phi) is 14.1. The van der Waals surface area contributed by atoms with E-state index in [-0.39, 0.29) is 27.0 Å². The maximum atomic E-state index is 8.74. The average molecular weight is 244 g/mol. The van der Waals surface area contributed by atoms with Crippen molar-refractivity contribution in [1.29, 1.82) is 0 Å². The molecule has 1 rings (SSSR count). The Labute approximate surface area is 91.5 Å². The van der Waals surface area contributed by atoms with Crippen LogP contribution in [-0.4, -0.2) is 17.5 Å². The van der Waals surface area contributed by atoms with Crippen LogP contribution in [0.2, 0.25) is 0 Å². The molecule has 13 heavy (non-hydrogen) atoms. The summed E-state index contributed by atoms with van der Waals surface area (Å²) in [4.78, 5) is 0. The Morgan fingerprint density at radius 3 is 0.846 bits per heavy atom. The highest BCUT2D eigenvalue weighted by Gasteiger charge is 1.84. The predicted octanol–water partition coefficient (Wildman–Crippen LogP) is 1.26. The van der Waals surface area contributed by atoms with Crippen LogP contribution < -0.4 is 0 Å². The van der Waals surface area contributed by atoms with Crippen LogP contribution in [0.15, 0.2) is 36.4 Å². The molecule has 0 aliphatic rings. The van der Waals surface area contributed by atoms with Crippen LogP contribution in [0.4, 0.5) is 0 Å². The largest absolute Gasteiger partial charge is 0.394 e. The van der Waals surface area contributed by atoms with E-state index >= 15 is 0 Å². The van der Waals surface area contributed by atoms with E-state index in [0.29, 0.717) is 0 Å². The first-order valence-electron chi connectivity index (χ1n) is 2.70. The van der Waals surface area contributed by atoms with Crippen molar-refractivity contribution in [2.75, 3.05) is 0 Å². The minimum absolute atomic E-state index is 0. The van der Waals surface area contributed by atoms with Crippen LogP contribution >= 0.6 is 27.0 Å². The second-order valence-electron chi connectivity index (χ2n) is 1.60. The lowest BCUT2D eigenvalue weighted by Crippen LogP contribution is -1.89. The van der Waals surface area contributed by atoms with Gasteiger partial charge >= 0.3 is 10.4 Å². The number of hydrogen-bond acceptors (Lipinski definition) is 2. The molecular formula is C6H12O4S3. The molecule has 1 aromatic carbocycles. The summed E-state index contributed by atoms with van der Waals surface area (Å²) >= 11 is 0. The molecule has 0 atom stereocenters. The molecule has 0 aromatic heterocycles. The molecule has 0 aliphatic carbocycles.